The van der Waals surface area contributed by atoms with Gasteiger partial charge in [-0.25, -0.2) is 4.98 Å². The summed E-state index contributed by atoms with van der Waals surface area (Å²) in [6.45, 7) is 0. The van der Waals surface area contributed by atoms with Gasteiger partial charge in [0.2, 0.25) is 0 Å². The number of nitrogens with two attached hydrogens (primary N) is 1. The van der Waals surface area contributed by atoms with Gasteiger partial charge in [-0.15, -0.1) is 0 Å². The van der Waals surface area contributed by atoms with E-state index in [2.05, 4.69) is 9.98 Å². The van der Waals surface area contributed by atoms with Crippen molar-refractivity contribution in [2.45, 2.75) is 0 Å². The van der Waals surface area contributed by atoms with Crippen molar-refractivity contribution in [3.05, 3.63) is 28.4 Å². The van der Waals surface area contributed by atoms with Gasteiger partial charge in [0, 0.05) is 20.2 Å². The maximum atomic E-state index is 10.3. The second kappa shape index (κ2) is 4.36. The first kappa shape index (κ1) is 10.9. The molecule has 0 aromatic carbocycles. The Labute approximate surface area is 86.4 Å². The minimum Gasteiger partial charge on any atom is -0.369 e. The van der Waals surface area contributed by atoms with Crippen LogP contribution in [0.2, 0.25) is 0 Å². The molecule has 0 amide bonds. The summed E-state index contributed by atoms with van der Waals surface area (Å²) in [5, 5.41) is 10.3. The van der Waals surface area contributed by atoms with Gasteiger partial charge < -0.3 is 10.6 Å². The van der Waals surface area contributed by atoms with E-state index in [9.17, 15) is 10.1 Å². The van der Waals surface area contributed by atoms with Crippen molar-refractivity contribution in [2.24, 2.45) is 10.7 Å². The number of aliphatic imine (C=N–C) groups is 1. The van der Waals surface area contributed by atoms with Crippen LogP contribution in [0.5, 0.6) is 0 Å². The van der Waals surface area contributed by atoms with E-state index in [0.29, 0.717) is 5.82 Å². The van der Waals surface area contributed by atoms with Crippen molar-refractivity contribution < 1.29 is 4.92 Å². The van der Waals surface area contributed by atoms with Gasteiger partial charge in [-0.3, -0.25) is 10.1 Å². The predicted octanol–water partition coefficient (Wildman–Crippen LogP) is 0.498. The van der Waals surface area contributed by atoms with Crippen LogP contribution >= 0.6 is 0 Å². The molecular weight excluding hydrogens is 198 g/mol. The van der Waals surface area contributed by atoms with Crippen molar-refractivity contribution in [3.8, 4) is 0 Å². The van der Waals surface area contributed by atoms with E-state index < -0.39 is 4.92 Å². The third kappa shape index (κ3) is 2.90. The summed E-state index contributed by atoms with van der Waals surface area (Å²) >= 11 is 0. The second-order valence-corrected chi connectivity index (χ2v) is 3.00. The molecule has 0 radical (unpaired) electrons. The number of guanidine groups is 1. The fourth-order valence-corrected chi connectivity index (χ4v) is 0.770. The van der Waals surface area contributed by atoms with E-state index in [1.165, 1.54) is 12.1 Å². The van der Waals surface area contributed by atoms with E-state index in [1.54, 1.807) is 19.0 Å². The van der Waals surface area contributed by atoms with Gasteiger partial charge in [0.05, 0.1) is 4.92 Å². The minimum atomic E-state index is -0.518. The highest BCUT2D eigenvalue weighted by atomic mass is 16.6. The van der Waals surface area contributed by atoms with Crippen LogP contribution < -0.4 is 5.73 Å². The summed E-state index contributed by atoms with van der Waals surface area (Å²) in [6, 6.07) is 2.77. The molecule has 0 bridgehead atoms. The Hall–Kier alpha value is -2.18. The summed E-state index contributed by atoms with van der Waals surface area (Å²) in [7, 11) is 3.48. The van der Waals surface area contributed by atoms with Crippen molar-refractivity contribution in [1.29, 1.82) is 0 Å². The fourth-order valence-electron chi connectivity index (χ4n) is 0.770. The third-order valence-corrected chi connectivity index (χ3v) is 1.63. The normalized spacial score (nSPS) is 11.2. The summed E-state index contributed by atoms with van der Waals surface area (Å²) in [4.78, 5) is 19.2. The number of hydrogen-bond acceptors (Lipinski definition) is 4. The van der Waals surface area contributed by atoms with Crippen molar-refractivity contribution >= 4 is 17.5 Å². The number of pyridine rings is 1. The molecule has 0 saturated heterocycles. The Bertz CT molecular complexity index is 385. The highest BCUT2D eigenvalue weighted by Crippen LogP contribution is 2.13. The number of rotatable bonds is 2. The summed E-state index contributed by atoms with van der Waals surface area (Å²) in [5.41, 5.74) is 5.48. The molecule has 0 unspecified atom stereocenters. The quantitative estimate of drug-likeness (QED) is 0.331. The van der Waals surface area contributed by atoms with Crippen LogP contribution in [0, 0.1) is 10.1 Å². The molecule has 1 aromatic heterocycles. The van der Waals surface area contributed by atoms with Gasteiger partial charge in [0.1, 0.15) is 6.20 Å². The standard InChI is InChI=1S/C8H11N5O2/c1-12(2)8(9)11-7-4-3-6(5-10-7)13(14)15/h3-5H,1-2H3,(H2,9,10,11). The largest absolute Gasteiger partial charge is 0.369 e. The molecule has 1 aromatic rings. The Morgan fingerprint density at radius 3 is 2.67 bits per heavy atom. The van der Waals surface area contributed by atoms with Gasteiger partial charge in [0.25, 0.3) is 5.69 Å². The molecule has 7 nitrogen and oxygen atoms in total. The zero-order valence-electron chi connectivity index (χ0n) is 8.41. The lowest BCUT2D eigenvalue weighted by Gasteiger charge is -2.09. The lowest BCUT2D eigenvalue weighted by molar-refractivity contribution is -0.385. The SMILES string of the molecule is CN(C)C(N)=Nc1ccc([N+](=O)[O-])cn1. The van der Waals surface area contributed by atoms with E-state index in [0.717, 1.165) is 6.20 Å². The summed E-state index contributed by atoms with van der Waals surface area (Å²) in [6.07, 6.45) is 1.14. The lowest BCUT2D eigenvalue weighted by Crippen LogP contribution is -2.29. The minimum absolute atomic E-state index is 0.0719. The molecule has 0 aliphatic carbocycles. The molecule has 0 saturated carbocycles. The Kier molecular flexibility index (Phi) is 3.17. The van der Waals surface area contributed by atoms with Gasteiger partial charge in [-0.2, -0.15) is 4.99 Å². The Morgan fingerprint density at radius 2 is 2.27 bits per heavy atom. The second-order valence-electron chi connectivity index (χ2n) is 3.00. The molecule has 2 N–H and O–H groups in total. The molecule has 7 heteroatoms. The number of nitro groups is 1. The molecule has 15 heavy (non-hydrogen) atoms. The van der Waals surface area contributed by atoms with Crippen LogP contribution in [0.15, 0.2) is 23.3 Å². The summed E-state index contributed by atoms with van der Waals surface area (Å²) < 4.78 is 0. The van der Waals surface area contributed by atoms with Gasteiger partial charge >= 0.3 is 0 Å². The van der Waals surface area contributed by atoms with Gasteiger partial charge in [-0.1, -0.05) is 0 Å². The smallest absolute Gasteiger partial charge is 0.287 e. The van der Waals surface area contributed by atoms with Crippen LogP contribution in [0.1, 0.15) is 0 Å². The van der Waals surface area contributed by atoms with Crippen molar-refractivity contribution in [1.82, 2.24) is 9.88 Å². The summed E-state index contributed by atoms with van der Waals surface area (Å²) in [5.74, 6) is 0.628. The molecule has 0 aliphatic heterocycles. The molecule has 0 fully saturated rings. The van der Waals surface area contributed by atoms with E-state index in [4.69, 9.17) is 5.73 Å². The van der Waals surface area contributed by atoms with Crippen molar-refractivity contribution in [2.75, 3.05) is 14.1 Å². The molecule has 1 heterocycles. The zero-order chi connectivity index (χ0) is 11.4. The topological polar surface area (TPSA) is 97.6 Å². The zero-order valence-corrected chi connectivity index (χ0v) is 8.41. The monoisotopic (exact) mass is 209 g/mol. The lowest BCUT2D eigenvalue weighted by atomic mass is 10.4. The molecular formula is C8H11N5O2. The van der Waals surface area contributed by atoms with E-state index >= 15 is 0 Å². The van der Waals surface area contributed by atoms with Crippen LogP contribution in [-0.4, -0.2) is 34.9 Å². The number of aromatic nitrogens is 1. The highest BCUT2D eigenvalue weighted by molar-refractivity contribution is 5.79. The molecule has 0 aliphatic rings. The first-order valence-electron chi connectivity index (χ1n) is 4.12. The number of hydrogen-bond donors (Lipinski definition) is 1. The predicted molar refractivity (Wildman–Crippen MR) is 55.9 cm³/mol. The highest BCUT2D eigenvalue weighted by Gasteiger charge is 2.05. The average molecular weight is 209 g/mol. The van der Waals surface area contributed by atoms with Crippen LogP contribution in [0.25, 0.3) is 0 Å². The number of nitrogens with zero attached hydrogens (tertiary/aromatic N) is 4. The first-order valence-corrected chi connectivity index (χ1v) is 4.12. The third-order valence-electron chi connectivity index (χ3n) is 1.63. The first-order chi connectivity index (χ1) is 7.00. The van der Waals surface area contributed by atoms with E-state index in [-0.39, 0.29) is 11.6 Å². The fraction of sp³-hybridized carbons (Fsp3) is 0.250. The Balaban J connectivity index is 2.90. The molecule has 0 spiro atoms. The average Bonchev–Trinajstić information content (AvgIpc) is 2.18. The maximum absolute atomic E-state index is 10.3. The van der Waals surface area contributed by atoms with Crippen LogP contribution in [-0.2, 0) is 0 Å². The van der Waals surface area contributed by atoms with Crippen molar-refractivity contribution in [3.63, 3.8) is 0 Å². The molecule has 1 rings (SSSR count). The molecule has 0 atom stereocenters. The van der Waals surface area contributed by atoms with Gasteiger partial charge in [-0.05, 0) is 6.07 Å². The van der Waals surface area contributed by atoms with Crippen LogP contribution in [0.3, 0.4) is 0 Å². The van der Waals surface area contributed by atoms with Crippen LogP contribution in [0.4, 0.5) is 11.5 Å². The maximum Gasteiger partial charge on any atom is 0.287 e. The van der Waals surface area contributed by atoms with Gasteiger partial charge in [0.15, 0.2) is 11.8 Å². The molecule has 80 valence electrons. The van der Waals surface area contributed by atoms with E-state index in [1.807, 2.05) is 0 Å². The Morgan fingerprint density at radius 1 is 1.60 bits per heavy atom.